The van der Waals surface area contributed by atoms with E-state index >= 15 is 0 Å². The van der Waals surface area contributed by atoms with Crippen LogP contribution in [0.5, 0.6) is 11.5 Å². The van der Waals surface area contributed by atoms with Crippen molar-refractivity contribution in [2.75, 3.05) is 6.54 Å². The molecule has 1 aromatic heterocycles. The molecule has 0 atom stereocenters. The molecule has 0 aliphatic heterocycles. The fourth-order valence-electron chi connectivity index (χ4n) is 2.94. The highest BCUT2D eigenvalue weighted by Gasteiger charge is 2.06. The van der Waals surface area contributed by atoms with E-state index in [9.17, 15) is 15.0 Å². The van der Waals surface area contributed by atoms with Crippen LogP contribution in [0, 0.1) is 0 Å². The molecule has 5 nitrogen and oxygen atoms in total. The van der Waals surface area contributed by atoms with Crippen LogP contribution in [-0.2, 0) is 17.6 Å². The van der Waals surface area contributed by atoms with Crippen LogP contribution >= 0.6 is 0 Å². The minimum absolute atomic E-state index is 0.0304. The first-order chi connectivity index (χ1) is 12.1. The van der Waals surface area contributed by atoms with E-state index in [0.29, 0.717) is 19.4 Å². The number of phenolic OH excluding ortho intramolecular Hbond substituents is 2. The van der Waals surface area contributed by atoms with Crippen molar-refractivity contribution >= 4 is 16.8 Å². The van der Waals surface area contributed by atoms with Crippen molar-refractivity contribution in [3.05, 3.63) is 59.8 Å². The van der Waals surface area contributed by atoms with Crippen LogP contribution in [0.4, 0.5) is 0 Å². The number of hydrogen-bond acceptors (Lipinski definition) is 3. The number of para-hydroxylation sites is 1. The fourth-order valence-corrected chi connectivity index (χ4v) is 2.94. The number of aromatic hydroxyl groups is 2. The minimum atomic E-state index is -0.137. The second kappa shape index (κ2) is 7.75. The summed E-state index contributed by atoms with van der Waals surface area (Å²) < 4.78 is 0. The Morgan fingerprint density at radius 1 is 1.04 bits per heavy atom. The molecule has 2 aromatic carbocycles. The summed E-state index contributed by atoms with van der Waals surface area (Å²) in [6, 6.07) is 12.9. The van der Waals surface area contributed by atoms with Gasteiger partial charge in [-0.3, -0.25) is 4.79 Å². The standard InChI is InChI=1S/C20H22N2O3/c23-18-9-8-14(12-19(18)24)10-11-21-20(25)7-3-4-15-13-22-17-6-2-1-5-16(15)17/h1-2,5-6,8-9,12-13,22-24H,3-4,7,10-11H2,(H,21,25). The number of benzene rings is 2. The minimum Gasteiger partial charge on any atom is -0.504 e. The van der Waals surface area contributed by atoms with Gasteiger partial charge in [0.2, 0.25) is 5.91 Å². The van der Waals surface area contributed by atoms with E-state index in [-0.39, 0.29) is 17.4 Å². The van der Waals surface area contributed by atoms with Crippen molar-refractivity contribution in [3.8, 4) is 11.5 Å². The van der Waals surface area contributed by atoms with E-state index in [0.717, 1.165) is 23.9 Å². The zero-order valence-corrected chi connectivity index (χ0v) is 14.0. The number of H-pyrrole nitrogens is 1. The van der Waals surface area contributed by atoms with Crippen LogP contribution in [0.15, 0.2) is 48.7 Å². The summed E-state index contributed by atoms with van der Waals surface area (Å²) in [4.78, 5) is 15.2. The van der Waals surface area contributed by atoms with Gasteiger partial charge in [0.25, 0.3) is 0 Å². The first-order valence-electron chi connectivity index (χ1n) is 8.46. The average molecular weight is 338 g/mol. The molecule has 0 radical (unpaired) electrons. The maximum absolute atomic E-state index is 11.9. The summed E-state index contributed by atoms with van der Waals surface area (Å²) >= 11 is 0. The van der Waals surface area contributed by atoms with Crippen LogP contribution in [0.1, 0.15) is 24.0 Å². The number of carbonyl (C=O) groups is 1. The van der Waals surface area contributed by atoms with Gasteiger partial charge in [0, 0.05) is 30.1 Å². The van der Waals surface area contributed by atoms with Crippen LogP contribution in [0.2, 0.25) is 0 Å². The smallest absolute Gasteiger partial charge is 0.220 e. The van der Waals surface area contributed by atoms with E-state index in [4.69, 9.17) is 0 Å². The van der Waals surface area contributed by atoms with Crippen molar-refractivity contribution in [1.82, 2.24) is 10.3 Å². The van der Waals surface area contributed by atoms with Crippen molar-refractivity contribution in [3.63, 3.8) is 0 Å². The monoisotopic (exact) mass is 338 g/mol. The molecule has 0 aliphatic carbocycles. The van der Waals surface area contributed by atoms with Gasteiger partial charge in [-0.05, 0) is 48.6 Å². The number of carbonyl (C=O) groups excluding carboxylic acids is 1. The largest absolute Gasteiger partial charge is 0.504 e. The maximum Gasteiger partial charge on any atom is 0.220 e. The molecule has 4 N–H and O–H groups in total. The lowest BCUT2D eigenvalue weighted by atomic mass is 10.1. The van der Waals surface area contributed by atoms with Gasteiger partial charge >= 0.3 is 0 Å². The summed E-state index contributed by atoms with van der Waals surface area (Å²) in [7, 11) is 0. The van der Waals surface area contributed by atoms with Gasteiger partial charge in [-0.2, -0.15) is 0 Å². The highest BCUT2D eigenvalue weighted by molar-refractivity contribution is 5.83. The highest BCUT2D eigenvalue weighted by Crippen LogP contribution is 2.24. The lowest BCUT2D eigenvalue weighted by Gasteiger charge is -2.06. The molecule has 0 saturated heterocycles. The number of phenols is 2. The second-order valence-electron chi connectivity index (χ2n) is 6.14. The van der Waals surface area contributed by atoms with Gasteiger partial charge in [0.15, 0.2) is 11.5 Å². The Morgan fingerprint density at radius 2 is 1.88 bits per heavy atom. The van der Waals surface area contributed by atoms with Crippen LogP contribution in [0.3, 0.4) is 0 Å². The molecule has 1 amide bonds. The van der Waals surface area contributed by atoms with E-state index in [2.05, 4.69) is 16.4 Å². The summed E-state index contributed by atoms with van der Waals surface area (Å²) in [5.74, 6) is -0.240. The number of fused-ring (bicyclic) bond motifs is 1. The second-order valence-corrected chi connectivity index (χ2v) is 6.14. The van der Waals surface area contributed by atoms with Crippen molar-refractivity contribution in [2.45, 2.75) is 25.7 Å². The molecule has 0 bridgehead atoms. The van der Waals surface area contributed by atoms with Gasteiger partial charge in [0.05, 0.1) is 0 Å². The Balaban J connectivity index is 1.40. The van der Waals surface area contributed by atoms with Gasteiger partial charge in [-0.25, -0.2) is 0 Å². The number of aromatic nitrogens is 1. The normalized spacial score (nSPS) is 10.9. The van der Waals surface area contributed by atoms with E-state index in [1.165, 1.54) is 23.1 Å². The Morgan fingerprint density at radius 3 is 2.72 bits per heavy atom. The predicted octanol–water partition coefficient (Wildman–Crippen LogP) is 3.26. The molecule has 130 valence electrons. The Bertz CT molecular complexity index is 870. The van der Waals surface area contributed by atoms with E-state index < -0.39 is 0 Å². The number of rotatable bonds is 7. The molecule has 5 heteroatoms. The van der Waals surface area contributed by atoms with Gasteiger partial charge in [0.1, 0.15) is 0 Å². The van der Waals surface area contributed by atoms with Gasteiger partial charge < -0.3 is 20.5 Å². The SMILES string of the molecule is O=C(CCCc1c[nH]c2ccccc12)NCCc1ccc(O)c(O)c1. The molecule has 0 aliphatic rings. The summed E-state index contributed by atoms with van der Waals surface area (Å²) in [6.45, 7) is 0.510. The first-order valence-corrected chi connectivity index (χ1v) is 8.46. The molecule has 1 heterocycles. The maximum atomic E-state index is 11.9. The molecule has 0 spiro atoms. The van der Waals surface area contributed by atoms with Crippen LogP contribution in [-0.4, -0.2) is 27.6 Å². The van der Waals surface area contributed by atoms with Crippen molar-refractivity contribution < 1.29 is 15.0 Å². The van der Waals surface area contributed by atoms with Crippen molar-refractivity contribution in [1.29, 1.82) is 0 Å². The van der Waals surface area contributed by atoms with E-state index in [1.807, 2.05) is 24.4 Å². The van der Waals surface area contributed by atoms with E-state index in [1.54, 1.807) is 6.07 Å². The zero-order chi connectivity index (χ0) is 17.6. The molecule has 0 fully saturated rings. The summed E-state index contributed by atoms with van der Waals surface area (Å²) in [5.41, 5.74) is 3.23. The lowest BCUT2D eigenvalue weighted by molar-refractivity contribution is -0.121. The first kappa shape index (κ1) is 16.9. The number of nitrogens with one attached hydrogen (secondary N) is 2. The zero-order valence-electron chi connectivity index (χ0n) is 14.0. The number of aromatic amines is 1. The third-order valence-corrected chi connectivity index (χ3v) is 4.30. The third-order valence-electron chi connectivity index (χ3n) is 4.30. The lowest BCUT2D eigenvalue weighted by Crippen LogP contribution is -2.25. The number of amides is 1. The molecule has 25 heavy (non-hydrogen) atoms. The Labute approximate surface area is 146 Å². The Kier molecular flexibility index (Phi) is 5.23. The predicted molar refractivity (Wildman–Crippen MR) is 97.7 cm³/mol. The molecule has 0 saturated carbocycles. The highest BCUT2D eigenvalue weighted by atomic mass is 16.3. The fraction of sp³-hybridized carbons (Fsp3) is 0.250. The third kappa shape index (κ3) is 4.32. The molecular formula is C20H22N2O3. The van der Waals surface area contributed by atoms with Gasteiger partial charge in [-0.1, -0.05) is 24.3 Å². The summed E-state index contributed by atoms with van der Waals surface area (Å²) in [5, 5.41) is 22.8. The number of aryl methyl sites for hydroxylation is 1. The Hall–Kier alpha value is -2.95. The molecule has 3 rings (SSSR count). The number of hydrogen-bond donors (Lipinski definition) is 4. The van der Waals surface area contributed by atoms with Crippen molar-refractivity contribution in [2.24, 2.45) is 0 Å². The van der Waals surface area contributed by atoms with Crippen LogP contribution < -0.4 is 5.32 Å². The molecule has 0 unspecified atom stereocenters. The molecule has 3 aromatic rings. The van der Waals surface area contributed by atoms with Crippen LogP contribution in [0.25, 0.3) is 10.9 Å². The summed E-state index contributed by atoms with van der Waals surface area (Å²) in [6.07, 6.45) is 4.78. The van der Waals surface area contributed by atoms with Gasteiger partial charge in [-0.15, -0.1) is 0 Å². The quantitative estimate of drug-likeness (QED) is 0.499. The molecular weight excluding hydrogens is 316 g/mol. The topological polar surface area (TPSA) is 85.4 Å². The average Bonchev–Trinajstić information content (AvgIpc) is 3.01.